The molecule has 1 atom stereocenters. The number of amidine groups is 1. The summed E-state index contributed by atoms with van der Waals surface area (Å²) in [6.45, 7) is 0.391. The van der Waals surface area contributed by atoms with Gasteiger partial charge in [-0.2, -0.15) is 0 Å². The summed E-state index contributed by atoms with van der Waals surface area (Å²) >= 11 is 1.32. The molecule has 6 nitrogen and oxygen atoms in total. The summed E-state index contributed by atoms with van der Waals surface area (Å²) in [5.74, 6) is 0.474. The molecular weight excluding hydrogens is 362 g/mol. The number of carbonyl (C=O) groups excluding carboxylic acids is 2. The van der Waals surface area contributed by atoms with Gasteiger partial charge in [0.25, 0.3) is 0 Å². The minimum Gasteiger partial charge on any atom is -0.497 e. The van der Waals surface area contributed by atoms with Crippen LogP contribution in [0.1, 0.15) is 12.0 Å². The van der Waals surface area contributed by atoms with E-state index in [2.05, 4.69) is 10.3 Å². The Labute approximate surface area is 162 Å². The van der Waals surface area contributed by atoms with Crippen LogP contribution >= 0.6 is 11.8 Å². The second kappa shape index (κ2) is 8.73. The van der Waals surface area contributed by atoms with Gasteiger partial charge in [0, 0.05) is 13.5 Å². The molecule has 1 N–H and O–H groups in total. The molecule has 1 saturated heterocycles. The number of nitrogens with one attached hydrogen (secondary N) is 1. The van der Waals surface area contributed by atoms with Gasteiger partial charge in [-0.1, -0.05) is 42.1 Å². The number of nitrogens with zero attached hydrogens (tertiary/aromatic N) is 2. The Bertz CT molecular complexity index is 837. The molecule has 0 unspecified atom stereocenters. The van der Waals surface area contributed by atoms with E-state index in [1.165, 1.54) is 11.8 Å². The molecule has 0 bridgehead atoms. The molecule has 1 fully saturated rings. The van der Waals surface area contributed by atoms with E-state index in [4.69, 9.17) is 4.74 Å². The molecule has 0 saturated carbocycles. The molecule has 1 aliphatic heterocycles. The number of aliphatic imine (C=N–C) groups is 1. The fraction of sp³-hybridized carbons (Fsp3) is 0.250. The molecule has 2 aromatic rings. The van der Waals surface area contributed by atoms with Gasteiger partial charge in [0.15, 0.2) is 5.17 Å². The average molecular weight is 383 g/mol. The van der Waals surface area contributed by atoms with Crippen molar-refractivity contribution in [3.63, 3.8) is 0 Å². The fourth-order valence-electron chi connectivity index (χ4n) is 2.68. The molecule has 0 spiro atoms. The molecule has 0 radical (unpaired) electrons. The highest BCUT2D eigenvalue weighted by molar-refractivity contribution is 8.15. The van der Waals surface area contributed by atoms with Gasteiger partial charge in [-0.15, -0.1) is 0 Å². The molecular formula is C20H21N3O3S. The Morgan fingerprint density at radius 2 is 1.93 bits per heavy atom. The van der Waals surface area contributed by atoms with Crippen molar-refractivity contribution in [3.8, 4) is 5.75 Å². The van der Waals surface area contributed by atoms with Crippen LogP contribution in [-0.4, -0.2) is 41.3 Å². The Hall–Kier alpha value is -2.80. The lowest BCUT2D eigenvalue weighted by atomic mass is 10.2. The summed E-state index contributed by atoms with van der Waals surface area (Å²) in [7, 11) is 3.19. The number of rotatable bonds is 5. The van der Waals surface area contributed by atoms with Crippen molar-refractivity contribution in [2.75, 3.05) is 14.2 Å². The summed E-state index contributed by atoms with van der Waals surface area (Å²) in [5.41, 5.74) is 1.70. The van der Waals surface area contributed by atoms with Gasteiger partial charge < -0.3 is 10.1 Å². The minimum atomic E-state index is -0.475. The van der Waals surface area contributed by atoms with Crippen LogP contribution < -0.4 is 10.1 Å². The molecule has 2 aromatic carbocycles. The number of hydrogen-bond donors (Lipinski definition) is 1. The highest BCUT2D eigenvalue weighted by Crippen LogP contribution is 2.30. The lowest BCUT2D eigenvalue weighted by Gasteiger charge is -2.31. The zero-order chi connectivity index (χ0) is 19.2. The van der Waals surface area contributed by atoms with Gasteiger partial charge in [-0.25, -0.2) is 4.99 Å². The molecule has 27 heavy (non-hydrogen) atoms. The third kappa shape index (κ3) is 4.68. The largest absolute Gasteiger partial charge is 0.497 e. The van der Waals surface area contributed by atoms with Gasteiger partial charge >= 0.3 is 0 Å². The van der Waals surface area contributed by atoms with Crippen molar-refractivity contribution in [2.45, 2.75) is 18.2 Å². The van der Waals surface area contributed by atoms with Gasteiger partial charge in [0.1, 0.15) is 5.75 Å². The predicted molar refractivity (Wildman–Crippen MR) is 107 cm³/mol. The van der Waals surface area contributed by atoms with E-state index in [-0.39, 0.29) is 18.2 Å². The fourth-order valence-corrected chi connectivity index (χ4v) is 3.84. The second-order valence-corrected chi connectivity index (χ2v) is 7.15. The summed E-state index contributed by atoms with van der Waals surface area (Å²) in [5, 5.41) is 2.67. The number of carbonyl (C=O) groups is 2. The quantitative estimate of drug-likeness (QED) is 0.862. The summed E-state index contributed by atoms with van der Waals surface area (Å²) < 4.78 is 5.18. The number of hydrogen-bond acceptors (Lipinski definition) is 5. The Balaban J connectivity index is 1.89. The first-order chi connectivity index (χ1) is 13.1. The van der Waals surface area contributed by atoms with Crippen LogP contribution in [0.3, 0.4) is 0 Å². The monoisotopic (exact) mass is 383 g/mol. The first-order valence-corrected chi connectivity index (χ1v) is 9.44. The van der Waals surface area contributed by atoms with E-state index >= 15 is 0 Å². The van der Waals surface area contributed by atoms with E-state index in [9.17, 15) is 9.59 Å². The van der Waals surface area contributed by atoms with Crippen molar-refractivity contribution < 1.29 is 14.3 Å². The van der Waals surface area contributed by atoms with Crippen molar-refractivity contribution in [1.82, 2.24) is 10.2 Å². The van der Waals surface area contributed by atoms with Gasteiger partial charge in [-0.3, -0.25) is 14.5 Å². The minimum absolute atomic E-state index is 0.118. The van der Waals surface area contributed by atoms with Crippen molar-refractivity contribution in [1.29, 1.82) is 0 Å². The van der Waals surface area contributed by atoms with E-state index in [0.29, 0.717) is 11.7 Å². The molecule has 1 heterocycles. The second-order valence-electron chi connectivity index (χ2n) is 5.98. The van der Waals surface area contributed by atoms with Crippen molar-refractivity contribution in [2.24, 2.45) is 4.99 Å². The SMILES string of the molecule is CNC(=O)[C@H]1CC(=O)N(Cc2ccc(OC)cc2)C(=Nc2ccccc2)S1. The third-order valence-corrected chi connectivity index (χ3v) is 5.35. The van der Waals surface area contributed by atoms with Crippen LogP contribution in [0.5, 0.6) is 5.75 Å². The first-order valence-electron chi connectivity index (χ1n) is 8.56. The van der Waals surface area contributed by atoms with Crippen LogP contribution in [0.25, 0.3) is 0 Å². The third-order valence-electron chi connectivity index (χ3n) is 4.16. The van der Waals surface area contributed by atoms with Gasteiger partial charge in [-0.05, 0) is 29.8 Å². The lowest BCUT2D eigenvalue weighted by molar-refractivity contribution is -0.130. The first kappa shape index (κ1) is 19.0. The van der Waals surface area contributed by atoms with E-state index in [1.54, 1.807) is 19.1 Å². The number of amides is 2. The Morgan fingerprint density at radius 1 is 1.22 bits per heavy atom. The summed E-state index contributed by atoms with van der Waals surface area (Å²) in [6, 6.07) is 17.0. The van der Waals surface area contributed by atoms with E-state index < -0.39 is 5.25 Å². The topological polar surface area (TPSA) is 71.0 Å². The maximum atomic E-state index is 12.8. The van der Waals surface area contributed by atoms with Crippen LogP contribution in [0, 0.1) is 0 Å². The number of thioether (sulfide) groups is 1. The Kier molecular flexibility index (Phi) is 6.13. The molecule has 0 aromatic heterocycles. The Morgan fingerprint density at radius 3 is 2.56 bits per heavy atom. The predicted octanol–water partition coefficient (Wildman–Crippen LogP) is 2.96. The average Bonchev–Trinajstić information content (AvgIpc) is 2.71. The van der Waals surface area contributed by atoms with Crippen LogP contribution in [-0.2, 0) is 16.1 Å². The number of ether oxygens (including phenoxy) is 1. The molecule has 0 aliphatic carbocycles. The molecule has 1 aliphatic rings. The van der Waals surface area contributed by atoms with Crippen LogP contribution in [0.4, 0.5) is 5.69 Å². The standard InChI is InChI=1S/C20H21N3O3S/c1-21-19(25)17-12-18(24)23(13-14-8-10-16(26-2)11-9-14)20(27-17)22-15-6-4-3-5-7-15/h3-11,17H,12-13H2,1-2H3,(H,21,25)/t17-/m1/s1. The highest BCUT2D eigenvalue weighted by atomic mass is 32.2. The van der Waals surface area contributed by atoms with Crippen LogP contribution in [0.15, 0.2) is 59.6 Å². The van der Waals surface area contributed by atoms with E-state index in [1.807, 2.05) is 54.6 Å². The maximum absolute atomic E-state index is 12.8. The molecule has 7 heteroatoms. The zero-order valence-electron chi connectivity index (χ0n) is 15.2. The van der Waals surface area contributed by atoms with Gasteiger partial charge in [0.05, 0.1) is 24.6 Å². The smallest absolute Gasteiger partial charge is 0.233 e. The van der Waals surface area contributed by atoms with Crippen molar-refractivity contribution >= 4 is 34.4 Å². The molecule has 3 rings (SSSR count). The van der Waals surface area contributed by atoms with Crippen LogP contribution in [0.2, 0.25) is 0 Å². The van der Waals surface area contributed by atoms with Gasteiger partial charge in [0.2, 0.25) is 11.8 Å². The number of methoxy groups -OCH3 is 1. The molecule has 140 valence electrons. The maximum Gasteiger partial charge on any atom is 0.233 e. The number of benzene rings is 2. The highest BCUT2D eigenvalue weighted by Gasteiger charge is 2.35. The molecule has 2 amide bonds. The van der Waals surface area contributed by atoms with Crippen molar-refractivity contribution in [3.05, 3.63) is 60.2 Å². The normalized spacial score (nSPS) is 18.4. The summed E-state index contributed by atoms with van der Waals surface area (Å²) in [4.78, 5) is 31.1. The van der Waals surface area contributed by atoms with E-state index in [0.717, 1.165) is 17.0 Å². The zero-order valence-corrected chi connectivity index (χ0v) is 16.0. The number of para-hydroxylation sites is 1. The lowest BCUT2D eigenvalue weighted by Crippen LogP contribution is -2.45. The summed E-state index contributed by atoms with van der Waals surface area (Å²) in [6.07, 6.45) is 0.147.